The summed E-state index contributed by atoms with van der Waals surface area (Å²) in [6.07, 6.45) is 3.09. The van der Waals surface area contributed by atoms with E-state index in [0.717, 1.165) is 24.5 Å². The molecule has 1 aromatic carbocycles. The highest BCUT2D eigenvalue weighted by Gasteiger charge is 2.13. The van der Waals surface area contributed by atoms with Crippen LogP contribution in [0.3, 0.4) is 0 Å². The van der Waals surface area contributed by atoms with Gasteiger partial charge < -0.3 is 5.32 Å². The monoisotopic (exact) mass is 260 g/mol. The molecule has 1 aromatic heterocycles. The molecule has 0 amide bonds. The molecule has 0 bridgehead atoms. The maximum atomic E-state index is 4.34. The summed E-state index contributed by atoms with van der Waals surface area (Å²) in [5.41, 5.74) is 1.41. The fourth-order valence-electron chi connectivity index (χ4n) is 2.09. The standard InChI is InChI=1S/C15H20N2S/c1-3-16-10-14(13-7-5-4-6-8-13)9-15-11-17-12(2)18-15/h4-8,11,14,16H,3,9-10H2,1-2H3. The maximum Gasteiger partial charge on any atom is 0.0896 e. The van der Waals surface area contributed by atoms with Gasteiger partial charge in [0.25, 0.3) is 0 Å². The molecule has 1 atom stereocenters. The van der Waals surface area contributed by atoms with Crippen molar-refractivity contribution in [3.8, 4) is 0 Å². The van der Waals surface area contributed by atoms with Gasteiger partial charge in [-0.2, -0.15) is 0 Å². The Labute approximate surface area is 113 Å². The Bertz CT molecular complexity index is 464. The highest BCUT2D eigenvalue weighted by atomic mass is 32.1. The first-order valence-corrected chi connectivity index (χ1v) is 7.28. The van der Waals surface area contributed by atoms with Crippen molar-refractivity contribution in [2.45, 2.75) is 26.2 Å². The Morgan fingerprint density at radius 1 is 1.28 bits per heavy atom. The van der Waals surface area contributed by atoms with Crippen LogP contribution in [0, 0.1) is 6.92 Å². The van der Waals surface area contributed by atoms with E-state index in [1.165, 1.54) is 10.4 Å². The fraction of sp³-hybridized carbons (Fsp3) is 0.400. The van der Waals surface area contributed by atoms with E-state index in [4.69, 9.17) is 0 Å². The van der Waals surface area contributed by atoms with Crippen LogP contribution in [0.2, 0.25) is 0 Å². The Balaban J connectivity index is 2.10. The van der Waals surface area contributed by atoms with E-state index in [1.807, 2.05) is 6.20 Å². The van der Waals surface area contributed by atoms with Gasteiger partial charge in [-0.05, 0) is 25.5 Å². The number of thiazole rings is 1. The zero-order chi connectivity index (χ0) is 12.8. The number of rotatable bonds is 6. The van der Waals surface area contributed by atoms with Gasteiger partial charge in [0.05, 0.1) is 5.01 Å². The Hall–Kier alpha value is -1.19. The molecule has 0 aliphatic carbocycles. The van der Waals surface area contributed by atoms with Crippen LogP contribution < -0.4 is 5.32 Å². The predicted octanol–water partition coefficient (Wildman–Crippen LogP) is 3.39. The highest BCUT2D eigenvalue weighted by molar-refractivity contribution is 7.11. The molecule has 0 spiro atoms. The molecule has 2 aromatic rings. The van der Waals surface area contributed by atoms with Crippen LogP contribution in [-0.2, 0) is 6.42 Å². The third-order valence-corrected chi connectivity index (χ3v) is 3.96. The molecule has 3 heteroatoms. The fourth-order valence-corrected chi connectivity index (χ4v) is 2.97. The minimum atomic E-state index is 0.533. The number of likely N-dealkylation sites (N-methyl/N-ethyl adjacent to an activating group) is 1. The van der Waals surface area contributed by atoms with Gasteiger partial charge in [-0.15, -0.1) is 11.3 Å². The number of hydrogen-bond acceptors (Lipinski definition) is 3. The number of hydrogen-bond donors (Lipinski definition) is 1. The van der Waals surface area contributed by atoms with E-state index in [1.54, 1.807) is 11.3 Å². The van der Waals surface area contributed by atoms with Crippen LogP contribution in [-0.4, -0.2) is 18.1 Å². The van der Waals surface area contributed by atoms with E-state index in [2.05, 4.69) is 54.5 Å². The van der Waals surface area contributed by atoms with Crippen molar-refractivity contribution in [3.63, 3.8) is 0 Å². The minimum absolute atomic E-state index is 0.533. The quantitative estimate of drug-likeness (QED) is 0.861. The molecular formula is C15H20N2S. The number of nitrogens with zero attached hydrogens (tertiary/aromatic N) is 1. The third kappa shape index (κ3) is 3.65. The second kappa shape index (κ2) is 6.66. The first-order chi connectivity index (χ1) is 8.79. The Morgan fingerprint density at radius 3 is 2.67 bits per heavy atom. The summed E-state index contributed by atoms with van der Waals surface area (Å²) < 4.78 is 0. The lowest BCUT2D eigenvalue weighted by molar-refractivity contribution is 0.598. The molecule has 0 aliphatic heterocycles. The second-order valence-corrected chi connectivity index (χ2v) is 5.78. The van der Waals surface area contributed by atoms with Gasteiger partial charge in [0, 0.05) is 23.5 Å². The summed E-state index contributed by atoms with van der Waals surface area (Å²) >= 11 is 1.81. The summed E-state index contributed by atoms with van der Waals surface area (Å²) in [5, 5.41) is 4.61. The normalized spacial score (nSPS) is 12.6. The number of aryl methyl sites for hydroxylation is 1. The molecule has 18 heavy (non-hydrogen) atoms. The first-order valence-electron chi connectivity index (χ1n) is 6.46. The van der Waals surface area contributed by atoms with Crippen LogP contribution in [0.1, 0.15) is 28.3 Å². The lowest BCUT2D eigenvalue weighted by Gasteiger charge is -2.16. The summed E-state index contributed by atoms with van der Waals surface area (Å²) in [4.78, 5) is 5.72. The molecule has 0 aliphatic rings. The van der Waals surface area contributed by atoms with Gasteiger partial charge in [-0.1, -0.05) is 37.3 Å². The van der Waals surface area contributed by atoms with Crippen molar-refractivity contribution < 1.29 is 0 Å². The van der Waals surface area contributed by atoms with Crippen LogP contribution in [0.5, 0.6) is 0 Å². The summed E-state index contributed by atoms with van der Waals surface area (Å²) in [7, 11) is 0. The predicted molar refractivity (Wildman–Crippen MR) is 78.3 cm³/mol. The summed E-state index contributed by atoms with van der Waals surface area (Å²) in [6.45, 7) is 6.26. The lowest BCUT2D eigenvalue weighted by atomic mass is 9.95. The molecule has 0 fully saturated rings. The molecule has 0 saturated heterocycles. The molecule has 0 saturated carbocycles. The van der Waals surface area contributed by atoms with Crippen LogP contribution in [0.15, 0.2) is 36.5 Å². The molecule has 1 N–H and O–H groups in total. The molecular weight excluding hydrogens is 240 g/mol. The van der Waals surface area contributed by atoms with E-state index in [-0.39, 0.29) is 0 Å². The van der Waals surface area contributed by atoms with Crippen molar-refractivity contribution in [2.75, 3.05) is 13.1 Å². The van der Waals surface area contributed by atoms with Gasteiger partial charge >= 0.3 is 0 Å². The number of benzene rings is 1. The molecule has 1 heterocycles. The smallest absolute Gasteiger partial charge is 0.0896 e. The first kappa shape index (κ1) is 13.2. The lowest BCUT2D eigenvalue weighted by Crippen LogP contribution is -2.22. The molecule has 2 rings (SSSR count). The van der Waals surface area contributed by atoms with Crippen LogP contribution in [0.25, 0.3) is 0 Å². The van der Waals surface area contributed by atoms with Crippen LogP contribution in [0.4, 0.5) is 0 Å². The zero-order valence-electron chi connectivity index (χ0n) is 11.0. The summed E-state index contributed by atoms with van der Waals surface area (Å²) in [5.74, 6) is 0.533. The van der Waals surface area contributed by atoms with E-state index in [0.29, 0.717) is 5.92 Å². The Kier molecular flexibility index (Phi) is 4.90. The summed E-state index contributed by atoms with van der Waals surface area (Å²) in [6, 6.07) is 10.7. The SMILES string of the molecule is CCNCC(Cc1cnc(C)s1)c1ccccc1. The van der Waals surface area contributed by atoms with Gasteiger partial charge in [-0.3, -0.25) is 0 Å². The van der Waals surface area contributed by atoms with Crippen molar-refractivity contribution in [1.29, 1.82) is 0 Å². The molecule has 96 valence electrons. The van der Waals surface area contributed by atoms with Gasteiger partial charge in [0.1, 0.15) is 0 Å². The van der Waals surface area contributed by atoms with E-state index < -0.39 is 0 Å². The zero-order valence-corrected chi connectivity index (χ0v) is 11.8. The van der Waals surface area contributed by atoms with Crippen molar-refractivity contribution >= 4 is 11.3 Å². The largest absolute Gasteiger partial charge is 0.316 e. The number of aromatic nitrogens is 1. The molecule has 1 unspecified atom stereocenters. The van der Waals surface area contributed by atoms with Gasteiger partial charge in [-0.25, -0.2) is 4.98 Å². The van der Waals surface area contributed by atoms with Crippen LogP contribution >= 0.6 is 11.3 Å². The van der Waals surface area contributed by atoms with Crippen molar-refractivity contribution in [2.24, 2.45) is 0 Å². The van der Waals surface area contributed by atoms with Crippen molar-refractivity contribution in [3.05, 3.63) is 52.0 Å². The average molecular weight is 260 g/mol. The average Bonchev–Trinajstić information content (AvgIpc) is 2.81. The topological polar surface area (TPSA) is 24.9 Å². The molecule has 0 radical (unpaired) electrons. The van der Waals surface area contributed by atoms with E-state index in [9.17, 15) is 0 Å². The van der Waals surface area contributed by atoms with Crippen molar-refractivity contribution in [1.82, 2.24) is 10.3 Å². The van der Waals surface area contributed by atoms with Gasteiger partial charge in [0.15, 0.2) is 0 Å². The van der Waals surface area contributed by atoms with Gasteiger partial charge in [0.2, 0.25) is 0 Å². The minimum Gasteiger partial charge on any atom is -0.316 e. The third-order valence-electron chi connectivity index (χ3n) is 3.03. The second-order valence-electron chi connectivity index (χ2n) is 4.47. The highest BCUT2D eigenvalue weighted by Crippen LogP contribution is 2.23. The maximum absolute atomic E-state index is 4.34. The van der Waals surface area contributed by atoms with E-state index >= 15 is 0 Å². The molecule has 2 nitrogen and oxygen atoms in total. The number of nitrogens with one attached hydrogen (secondary N) is 1. The Morgan fingerprint density at radius 2 is 2.06 bits per heavy atom.